The first-order chi connectivity index (χ1) is 15.5. The molecule has 0 radical (unpaired) electrons. The highest BCUT2D eigenvalue weighted by Crippen LogP contribution is 2.24. The first-order valence-corrected chi connectivity index (χ1v) is 10.6. The number of morpholine rings is 1. The maximum Gasteiger partial charge on any atom is 0.257 e. The lowest BCUT2D eigenvalue weighted by atomic mass is 10.1. The van der Waals surface area contributed by atoms with Crippen molar-refractivity contribution in [1.82, 2.24) is 9.47 Å². The van der Waals surface area contributed by atoms with E-state index in [0.29, 0.717) is 43.1 Å². The number of aryl methyl sites for hydroxylation is 1. The van der Waals surface area contributed by atoms with Gasteiger partial charge in [-0.2, -0.15) is 0 Å². The van der Waals surface area contributed by atoms with Gasteiger partial charge in [-0.25, -0.2) is 0 Å². The average Bonchev–Trinajstić information content (AvgIpc) is 3.13. The summed E-state index contributed by atoms with van der Waals surface area (Å²) in [5, 5.41) is 2.94. The van der Waals surface area contributed by atoms with E-state index in [-0.39, 0.29) is 11.8 Å². The Balaban J connectivity index is 1.54. The summed E-state index contributed by atoms with van der Waals surface area (Å²) in [5.74, 6) is 0.511. The molecule has 1 aliphatic heterocycles. The summed E-state index contributed by atoms with van der Waals surface area (Å²) >= 11 is 0. The molecule has 166 valence electrons. The van der Waals surface area contributed by atoms with Gasteiger partial charge in [-0.15, -0.1) is 0 Å². The molecule has 1 aromatic heterocycles. The first-order valence-electron chi connectivity index (χ1n) is 10.6. The highest BCUT2D eigenvalue weighted by Gasteiger charge is 2.20. The molecule has 2 aromatic carbocycles. The quantitative estimate of drug-likeness (QED) is 0.664. The van der Waals surface area contributed by atoms with Crippen molar-refractivity contribution in [3.8, 4) is 11.4 Å². The smallest absolute Gasteiger partial charge is 0.257 e. The zero-order valence-electron chi connectivity index (χ0n) is 18.6. The molecule has 1 N–H and O–H groups in total. The minimum atomic E-state index is -0.214. The normalized spacial score (nSPS) is 13.7. The van der Waals surface area contributed by atoms with Crippen molar-refractivity contribution in [3.63, 3.8) is 0 Å². The largest absolute Gasteiger partial charge is 0.497 e. The number of hydrogen-bond acceptors (Lipinski definition) is 4. The van der Waals surface area contributed by atoms with E-state index in [0.717, 1.165) is 22.8 Å². The first kappa shape index (κ1) is 21.6. The van der Waals surface area contributed by atoms with Gasteiger partial charge in [0.25, 0.3) is 11.8 Å². The Morgan fingerprint density at radius 2 is 1.72 bits per heavy atom. The Hall–Kier alpha value is -3.58. The van der Waals surface area contributed by atoms with E-state index in [1.165, 1.54) is 0 Å². The highest BCUT2D eigenvalue weighted by atomic mass is 16.5. The van der Waals surface area contributed by atoms with Crippen LogP contribution >= 0.6 is 0 Å². The molecule has 0 bridgehead atoms. The molecule has 0 aliphatic carbocycles. The maximum absolute atomic E-state index is 13.1. The summed E-state index contributed by atoms with van der Waals surface area (Å²) < 4.78 is 12.6. The van der Waals surface area contributed by atoms with Crippen molar-refractivity contribution in [2.24, 2.45) is 0 Å². The second kappa shape index (κ2) is 9.28. The van der Waals surface area contributed by atoms with Gasteiger partial charge in [-0.3, -0.25) is 9.59 Å². The van der Waals surface area contributed by atoms with E-state index in [2.05, 4.69) is 5.32 Å². The fourth-order valence-corrected chi connectivity index (χ4v) is 4.00. The van der Waals surface area contributed by atoms with E-state index >= 15 is 0 Å². The minimum absolute atomic E-state index is 0.0536. The van der Waals surface area contributed by atoms with Gasteiger partial charge in [0.2, 0.25) is 0 Å². The second-order valence-corrected chi connectivity index (χ2v) is 7.76. The molecule has 4 rings (SSSR count). The third-order valence-corrected chi connectivity index (χ3v) is 5.67. The molecule has 1 saturated heterocycles. The standard InChI is InChI=1S/C25H27N3O4/c1-17-15-23(18(2)28(17)21-7-9-22(31-3)10-8-21)24(29)26-20-6-4-5-19(16-20)25(30)27-11-13-32-14-12-27/h4-10,15-16H,11-14H2,1-3H3,(H,26,29). The summed E-state index contributed by atoms with van der Waals surface area (Å²) in [7, 11) is 1.63. The third kappa shape index (κ3) is 4.38. The predicted octanol–water partition coefficient (Wildman–Crippen LogP) is 3.83. The van der Waals surface area contributed by atoms with Crippen LogP contribution in [0.25, 0.3) is 5.69 Å². The number of methoxy groups -OCH3 is 1. The van der Waals surface area contributed by atoms with E-state index in [4.69, 9.17) is 9.47 Å². The van der Waals surface area contributed by atoms with Gasteiger partial charge in [0, 0.05) is 41.4 Å². The molecule has 0 unspecified atom stereocenters. The molecule has 1 aliphatic rings. The minimum Gasteiger partial charge on any atom is -0.497 e. The molecule has 7 heteroatoms. The van der Waals surface area contributed by atoms with Gasteiger partial charge in [0.1, 0.15) is 5.75 Å². The Morgan fingerprint density at radius 1 is 1.00 bits per heavy atom. The average molecular weight is 434 g/mol. The van der Waals surface area contributed by atoms with Crippen LogP contribution in [0.1, 0.15) is 32.1 Å². The lowest BCUT2D eigenvalue weighted by molar-refractivity contribution is 0.0303. The number of nitrogens with one attached hydrogen (secondary N) is 1. The Morgan fingerprint density at radius 3 is 2.41 bits per heavy atom. The molecule has 2 heterocycles. The number of aromatic nitrogens is 1. The Bertz CT molecular complexity index is 1130. The number of anilines is 1. The van der Waals surface area contributed by atoms with Crippen LogP contribution in [-0.2, 0) is 4.74 Å². The highest BCUT2D eigenvalue weighted by molar-refractivity contribution is 6.06. The monoisotopic (exact) mass is 433 g/mol. The number of nitrogens with zero attached hydrogens (tertiary/aromatic N) is 2. The summed E-state index contributed by atoms with van der Waals surface area (Å²) in [4.78, 5) is 27.6. The lowest BCUT2D eigenvalue weighted by Crippen LogP contribution is -2.40. The number of hydrogen-bond donors (Lipinski definition) is 1. The van der Waals surface area contributed by atoms with Gasteiger partial charge >= 0.3 is 0 Å². The van der Waals surface area contributed by atoms with Crippen LogP contribution < -0.4 is 10.1 Å². The second-order valence-electron chi connectivity index (χ2n) is 7.76. The van der Waals surface area contributed by atoms with Crippen LogP contribution in [0, 0.1) is 13.8 Å². The number of carbonyl (C=O) groups is 2. The van der Waals surface area contributed by atoms with Gasteiger partial charge in [0.15, 0.2) is 0 Å². The van der Waals surface area contributed by atoms with E-state index in [1.807, 2.05) is 48.7 Å². The summed E-state index contributed by atoms with van der Waals surface area (Å²) in [6, 6.07) is 16.6. The van der Waals surface area contributed by atoms with Crippen molar-refractivity contribution < 1.29 is 19.1 Å². The van der Waals surface area contributed by atoms with Crippen LogP contribution in [0.3, 0.4) is 0 Å². The number of amides is 2. The van der Waals surface area contributed by atoms with E-state index in [1.54, 1.807) is 36.3 Å². The van der Waals surface area contributed by atoms with Crippen LogP contribution in [-0.4, -0.2) is 54.7 Å². The lowest BCUT2D eigenvalue weighted by Gasteiger charge is -2.27. The molecule has 0 saturated carbocycles. The van der Waals surface area contributed by atoms with Crippen molar-refractivity contribution >= 4 is 17.5 Å². The molecule has 3 aromatic rings. The molecular formula is C25H27N3O4. The van der Waals surface area contributed by atoms with Gasteiger partial charge in [-0.1, -0.05) is 6.07 Å². The van der Waals surface area contributed by atoms with Crippen molar-refractivity contribution in [2.75, 3.05) is 38.7 Å². The number of carbonyl (C=O) groups excluding carboxylic acids is 2. The van der Waals surface area contributed by atoms with Crippen molar-refractivity contribution in [3.05, 3.63) is 77.1 Å². The zero-order chi connectivity index (χ0) is 22.7. The molecule has 2 amide bonds. The van der Waals surface area contributed by atoms with E-state index in [9.17, 15) is 9.59 Å². The fraction of sp³-hybridized carbons (Fsp3) is 0.280. The number of benzene rings is 2. The molecule has 0 atom stereocenters. The predicted molar refractivity (Wildman–Crippen MR) is 123 cm³/mol. The Kier molecular flexibility index (Phi) is 6.28. The maximum atomic E-state index is 13.1. The molecule has 7 nitrogen and oxygen atoms in total. The summed E-state index contributed by atoms with van der Waals surface area (Å²) in [5.41, 5.74) is 4.47. The number of ether oxygens (including phenoxy) is 2. The van der Waals surface area contributed by atoms with Gasteiger partial charge in [0.05, 0.1) is 25.9 Å². The van der Waals surface area contributed by atoms with Gasteiger partial charge in [-0.05, 0) is 62.4 Å². The van der Waals surface area contributed by atoms with Crippen molar-refractivity contribution in [2.45, 2.75) is 13.8 Å². The summed E-state index contributed by atoms with van der Waals surface area (Å²) in [6.07, 6.45) is 0. The third-order valence-electron chi connectivity index (χ3n) is 5.67. The van der Waals surface area contributed by atoms with Crippen LogP contribution in [0.15, 0.2) is 54.6 Å². The fourth-order valence-electron chi connectivity index (χ4n) is 4.00. The molecule has 32 heavy (non-hydrogen) atoms. The number of rotatable bonds is 5. The van der Waals surface area contributed by atoms with Crippen LogP contribution in [0.5, 0.6) is 5.75 Å². The van der Waals surface area contributed by atoms with Gasteiger partial charge < -0.3 is 24.3 Å². The molecule has 0 spiro atoms. The SMILES string of the molecule is COc1ccc(-n2c(C)cc(C(=O)Nc3cccc(C(=O)N4CCOCC4)c3)c2C)cc1. The van der Waals surface area contributed by atoms with E-state index < -0.39 is 0 Å². The summed E-state index contributed by atoms with van der Waals surface area (Å²) in [6.45, 7) is 6.14. The zero-order valence-corrected chi connectivity index (χ0v) is 18.6. The Labute approximate surface area is 187 Å². The van der Waals surface area contributed by atoms with Crippen LogP contribution in [0.2, 0.25) is 0 Å². The topological polar surface area (TPSA) is 72.8 Å². The molecular weight excluding hydrogens is 406 g/mol. The molecule has 1 fully saturated rings. The van der Waals surface area contributed by atoms with Crippen LogP contribution in [0.4, 0.5) is 5.69 Å². The van der Waals surface area contributed by atoms with Crippen molar-refractivity contribution in [1.29, 1.82) is 0 Å².